The summed E-state index contributed by atoms with van der Waals surface area (Å²) in [7, 11) is 0. The van der Waals surface area contributed by atoms with E-state index in [1.165, 1.54) is 6.20 Å². The van der Waals surface area contributed by atoms with Crippen LogP contribution in [0.3, 0.4) is 0 Å². The van der Waals surface area contributed by atoms with Crippen LogP contribution in [0.25, 0.3) is 0 Å². The number of amides is 1. The number of carbonyl (C=O) groups is 1. The van der Waals surface area contributed by atoms with Crippen molar-refractivity contribution in [3.8, 4) is 5.75 Å². The minimum absolute atomic E-state index is 0.193. The maximum absolute atomic E-state index is 12.2. The fraction of sp³-hybridized carbons (Fsp3) is 0.200. The molecule has 1 aromatic heterocycles. The fourth-order valence-corrected chi connectivity index (χ4v) is 2.25. The molecule has 1 aromatic carbocycles. The zero-order valence-corrected chi connectivity index (χ0v) is 11.1. The minimum Gasteiger partial charge on any atom is -0.480 e. The average molecular weight is 269 g/mol. The zero-order valence-electron chi connectivity index (χ0n) is 11.1. The third-order valence-corrected chi connectivity index (χ3v) is 3.28. The van der Waals surface area contributed by atoms with Gasteiger partial charge in [-0.1, -0.05) is 18.2 Å². The Balaban J connectivity index is 1.72. The molecule has 3 N–H and O–H groups in total. The van der Waals surface area contributed by atoms with Crippen LogP contribution in [-0.4, -0.2) is 17.0 Å². The third kappa shape index (κ3) is 2.30. The van der Waals surface area contributed by atoms with Gasteiger partial charge in [0.1, 0.15) is 11.6 Å². The van der Waals surface area contributed by atoms with Crippen molar-refractivity contribution >= 4 is 17.4 Å². The van der Waals surface area contributed by atoms with Crippen LogP contribution >= 0.6 is 0 Å². The first kappa shape index (κ1) is 12.5. The third-order valence-electron chi connectivity index (χ3n) is 3.28. The van der Waals surface area contributed by atoms with Crippen LogP contribution in [0.15, 0.2) is 36.5 Å². The molecular weight excluding hydrogens is 254 g/mol. The molecule has 0 radical (unpaired) electrons. The Morgan fingerprint density at radius 3 is 3.00 bits per heavy atom. The number of carbonyl (C=O) groups excluding carboxylic acids is 1. The number of nitrogens with zero attached hydrogens (tertiary/aromatic N) is 1. The molecule has 5 nitrogen and oxygen atoms in total. The topological polar surface area (TPSA) is 77.2 Å². The summed E-state index contributed by atoms with van der Waals surface area (Å²) in [5.74, 6) is 1.10. The van der Waals surface area contributed by atoms with Crippen molar-refractivity contribution in [3.63, 3.8) is 0 Å². The monoisotopic (exact) mass is 269 g/mol. The van der Waals surface area contributed by atoms with Crippen LogP contribution in [0.1, 0.15) is 11.1 Å². The van der Waals surface area contributed by atoms with Crippen molar-refractivity contribution in [1.82, 2.24) is 4.98 Å². The standard InChI is InChI=1S/C15H15N3O2/c1-9-6-11(16)8-17-14(9)18-15(19)13-7-10-4-2-3-5-12(10)20-13/h2-6,8,13H,7,16H2,1H3,(H,17,18,19). The molecule has 1 atom stereocenters. The second-order valence-corrected chi connectivity index (χ2v) is 4.84. The van der Waals surface area contributed by atoms with Crippen molar-refractivity contribution in [2.24, 2.45) is 0 Å². The summed E-state index contributed by atoms with van der Waals surface area (Å²) < 4.78 is 5.64. The Bertz CT molecular complexity index is 645. The van der Waals surface area contributed by atoms with E-state index < -0.39 is 6.10 Å². The van der Waals surface area contributed by atoms with Crippen LogP contribution in [0.5, 0.6) is 5.75 Å². The molecule has 2 aromatic rings. The van der Waals surface area contributed by atoms with E-state index in [-0.39, 0.29) is 5.91 Å². The Morgan fingerprint density at radius 2 is 2.25 bits per heavy atom. The van der Waals surface area contributed by atoms with Gasteiger partial charge in [-0.05, 0) is 30.2 Å². The van der Waals surface area contributed by atoms with Crippen molar-refractivity contribution in [3.05, 3.63) is 47.7 Å². The maximum Gasteiger partial charge on any atom is 0.266 e. The highest BCUT2D eigenvalue weighted by Crippen LogP contribution is 2.28. The van der Waals surface area contributed by atoms with Gasteiger partial charge in [-0.2, -0.15) is 0 Å². The number of nitrogens with one attached hydrogen (secondary N) is 1. The number of pyridine rings is 1. The molecule has 0 saturated carbocycles. The first-order chi connectivity index (χ1) is 9.63. The second-order valence-electron chi connectivity index (χ2n) is 4.84. The van der Waals surface area contributed by atoms with Gasteiger partial charge in [0, 0.05) is 6.42 Å². The Labute approximate surface area is 116 Å². The molecule has 2 heterocycles. The summed E-state index contributed by atoms with van der Waals surface area (Å²) in [5, 5.41) is 2.78. The lowest BCUT2D eigenvalue weighted by Crippen LogP contribution is -2.32. The summed E-state index contributed by atoms with van der Waals surface area (Å²) >= 11 is 0. The highest BCUT2D eigenvalue weighted by molar-refractivity contribution is 5.95. The van der Waals surface area contributed by atoms with Gasteiger partial charge in [0.05, 0.1) is 11.9 Å². The quantitative estimate of drug-likeness (QED) is 0.873. The number of benzene rings is 1. The van der Waals surface area contributed by atoms with Gasteiger partial charge in [-0.3, -0.25) is 4.79 Å². The Morgan fingerprint density at radius 1 is 1.45 bits per heavy atom. The van der Waals surface area contributed by atoms with Gasteiger partial charge in [-0.15, -0.1) is 0 Å². The van der Waals surface area contributed by atoms with Crippen molar-refractivity contribution < 1.29 is 9.53 Å². The highest BCUT2D eigenvalue weighted by Gasteiger charge is 2.29. The van der Waals surface area contributed by atoms with Crippen LogP contribution in [0.2, 0.25) is 0 Å². The molecule has 0 spiro atoms. The maximum atomic E-state index is 12.2. The zero-order chi connectivity index (χ0) is 14.1. The van der Waals surface area contributed by atoms with E-state index in [2.05, 4.69) is 10.3 Å². The molecule has 3 rings (SSSR count). The first-order valence-corrected chi connectivity index (χ1v) is 6.41. The summed E-state index contributed by atoms with van der Waals surface area (Å²) in [5.41, 5.74) is 8.09. The molecule has 0 saturated heterocycles. The molecule has 1 amide bonds. The number of ether oxygens (including phenoxy) is 1. The molecule has 102 valence electrons. The Kier molecular flexibility index (Phi) is 3.02. The van der Waals surface area contributed by atoms with Gasteiger partial charge >= 0.3 is 0 Å². The summed E-state index contributed by atoms with van der Waals surface area (Å²) in [4.78, 5) is 16.3. The van der Waals surface area contributed by atoms with Gasteiger partial charge in [0.2, 0.25) is 0 Å². The molecule has 0 fully saturated rings. The van der Waals surface area contributed by atoms with Crippen molar-refractivity contribution in [2.75, 3.05) is 11.1 Å². The number of nitrogen functional groups attached to an aromatic ring is 1. The van der Waals surface area contributed by atoms with Crippen LogP contribution in [-0.2, 0) is 11.2 Å². The first-order valence-electron chi connectivity index (χ1n) is 6.41. The van der Waals surface area contributed by atoms with E-state index in [4.69, 9.17) is 10.5 Å². The van der Waals surface area contributed by atoms with E-state index in [1.807, 2.05) is 31.2 Å². The van der Waals surface area contributed by atoms with E-state index in [0.717, 1.165) is 16.9 Å². The molecule has 5 heteroatoms. The summed E-state index contributed by atoms with van der Waals surface area (Å²) in [6.07, 6.45) is 1.59. The van der Waals surface area contributed by atoms with Gasteiger partial charge in [0.15, 0.2) is 6.10 Å². The lowest BCUT2D eigenvalue weighted by Gasteiger charge is -2.12. The molecule has 1 aliphatic heterocycles. The van der Waals surface area contributed by atoms with Gasteiger partial charge in [0.25, 0.3) is 5.91 Å². The number of hydrogen-bond donors (Lipinski definition) is 2. The van der Waals surface area contributed by atoms with E-state index in [1.54, 1.807) is 6.07 Å². The summed E-state index contributed by atoms with van der Waals surface area (Å²) in [6.45, 7) is 1.85. The SMILES string of the molecule is Cc1cc(N)cnc1NC(=O)C1Cc2ccccc2O1. The number of anilines is 2. The normalized spacial score (nSPS) is 16.4. The molecule has 20 heavy (non-hydrogen) atoms. The van der Waals surface area contributed by atoms with Crippen LogP contribution < -0.4 is 15.8 Å². The smallest absolute Gasteiger partial charge is 0.266 e. The lowest BCUT2D eigenvalue weighted by molar-refractivity contribution is -0.122. The number of nitrogens with two attached hydrogens (primary N) is 1. The predicted octanol–water partition coefficient (Wildman–Crippen LogP) is 1.91. The van der Waals surface area contributed by atoms with E-state index in [9.17, 15) is 4.79 Å². The molecule has 0 aliphatic carbocycles. The fourth-order valence-electron chi connectivity index (χ4n) is 2.25. The average Bonchev–Trinajstić information content (AvgIpc) is 2.86. The number of aromatic nitrogens is 1. The molecule has 1 unspecified atom stereocenters. The summed E-state index contributed by atoms with van der Waals surface area (Å²) in [6, 6.07) is 9.44. The van der Waals surface area contributed by atoms with Crippen molar-refractivity contribution in [2.45, 2.75) is 19.4 Å². The van der Waals surface area contributed by atoms with E-state index >= 15 is 0 Å². The van der Waals surface area contributed by atoms with Gasteiger partial charge in [-0.25, -0.2) is 4.98 Å². The van der Waals surface area contributed by atoms with Crippen LogP contribution in [0.4, 0.5) is 11.5 Å². The number of fused-ring (bicyclic) bond motifs is 1. The largest absolute Gasteiger partial charge is 0.480 e. The molecule has 0 bridgehead atoms. The molecular formula is C15H15N3O2. The minimum atomic E-state index is -0.508. The number of para-hydroxylation sites is 1. The van der Waals surface area contributed by atoms with Crippen molar-refractivity contribution in [1.29, 1.82) is 0 Å². The highest BCUT2D eigenvalue weighted by atomic mass is 16.5. The number of rotatable bonds is 2. The number of aryl methyl sites for hydroxylation is 1. The second kappa shape index (κ2) is 4.85. The van der Waals surface area contributed by atoms with E-state index in [0.29, 0.717) is 17.9 Å². The molecule has 1 aliphatic rings. The van der Waals surface area contributed by atoms with Gasteiger partial charge < -0.3 is 15.8 Å². The van der Waals surface area contributed by atoms with Crippen LogP contribution in [0, 0.1) is 6.92 Å². The number of hydrogen-bond acceptors (Lipinski definition) is 4. The predicted molar refractivity (Wildman–Crippen MR) is 76.6 cm³/mol. The Hall–Kier alpha value is -2.56. The lowest BCUT2D eigenvalue weighted by atomic mass is 10.1.